The number of anilines is 1. The average Bonchev–Trinajstić information content (AvgIpc) is 2.64. The summed E-state index contributed by atoms with van der Waals surface area (Å²) >= 11 is 6.39. The maximum Gasteiger partial charge on any atom is 0.274 e. The molecule has 0 bridgehead atoms. The monoisotopic (exact) mass is 396 g/mol. The molecule has 0 aliphatic carbocycles. The van der Waals surface area contributed by atoms with Crippen LogP contribution in [0.2, 0.25) is 5.02 Å². The van der Waals surface area contributed by atoms with E-state index in [1.807, 2.05) is 32.0 Å². The van der Waals surface area contributed by atoms with Gasteiger partial charge in [-0.2, -0.15) is 5.26 Å². The summed E-state index contributed by atoms with van der Waals surface area (Å²) in [6.07, 6.45) is 0. The van der Waals surface area contributed by atoms with Crippen LogP contribution in [0.4, 0.5) is 5.69 Å². The first-order chi connectivity index (χ1) is 13.2. The fourth-order valence-corrected chi connectivity index (χ4v) is 3.58. The average molecular weight is 397 g/mol. The zero-order chi connectivity index (χ0) is 20.6. The van der Waals surface area contributed by atoms with Gasteiger partial charge >= 0.3 is 0 Å². The fraction of sp³-hybridized carbons (Fsp3) is 0.286. The van der Waals surface area contributed by atoms with Gasteiger partial charge in [0.05, 0.1) is 6.04 Å². The molecule has 6 nitrogen and oxygen atoms in total. The SMILES string of the molecule is CC(C)c1cc2[nH]c(=O)c(C(C)Nc3ccc(C#N)n(C)c3=O)cc2cc1Cl. The minimum Gasteiger partial charge on any atom is -0.374 e. The van der Waals surface area contributed by atoms with Gasteiger partial charge in [0.25, 0.3) is 11.1 Å². The number of fused-ring (bicyclic) bond motifs is 1. The topological polar surface area (TPSA) is 90.7 Å². The first-order valence-electron chi connectivity index (χ1n) is 8.96. The summed E-state index contributed by atoms with van der Waals surface area (Å²) in [6.45, 7) is 5.89. The van der Waals surface area contributed by atoms with E-state index in [1.54, 1.807) is 25.1 Å². The minimum absolute atomic E-state index is 0.227. The number of H-pyrrole nitrogens is 1. The van der Waals surface area contributed by atoms with Crippen molar-refractivity contribution in [2.45, 2.75) is 32.7 Å². The van der Waals surface area contributed by atoms with Crippen molar-refractivity contribution in [2.75, 3.05) is 5.32 Å². The standard InChI is InChI=1S/C21H21ClN4O2/c1-11(2)15-9-19-13(8-17(15)22)7-16(20(27)25-19)12(3)24-18-6-5-14(10-23)26(4)21(18)28/h5-9,11-12,24H,1-4H3,(H,25,27). The molecule has 0 saturated carbocycles. The third-order valence-corrected chi connectivity index (χ3v) is 5.20. The van der Waals surface area contributed by atoms with Crippen molar-refractivity contribution in [1.29, 1.82) is 5.26 Å². The molecule has 0 amide bonds. The van der Waals surface area contributed by atoms with Gasteiger partial charge in [0.1, 0.15) is 17.5 Å². The Morgan fingerprint density at radius 3 is 2.50 bits per heavy atom. The van der Waals surface area contributed by atoms with Gasteiger partial charge in [0, 0.05) is 28.5 Å². The van der Waals surface area contributed by atoms with Crippen LogP contribution in [-0.2, 0) is 7.05 Å². The molecule has 0 aliphatic rings. The van der Waals surface area contributed by atoms with E-state index in [4.69, 9.17) is 16.9 Å². The van der Waals surface area contributed by atoms with E-state index in [0.717, 1.165) is 16.5 Å². The molecule has 2 heterocycles. The highest BCUT2D eigenvalue weighted by atomic mass is 35.5. The van der Waals surface area contributed by atoms with Gasteiger partial charge in [0.15, 0.2) is 0 Å². The molecule has 0 aliphatic heterocycles. The maximum atomic E-state index is 12.6. The Bertz CT molecular complexity index is 1220. The van der Waals surface area contributed by atoms with Crippen molar-refractivity contribution in [3.8, 4) is 6.07 Å². The van der Waals surface area contributed by atoms with Crippen molar-refractivity contribution >= 4 is 28.2 Å². The zero-order valence-electron chi connectivity index (χ0n) is 16.1. The molecule has 144 valence electrons. The maximum absolute atomic E-state index is 12.6. The molecule has 1 unspecified atom stereocenters. The Hall–Kier alpha value is -3.04. The molecule has 1 atom stereocenters. The third kappa shape index (κ3) is 3.54. The lowest BCUT2D eigenvalue weighted by Gasteiger charge is -2.17. The van der Waals surface area contributed by atoms with E-state index in [1.165, 1.54) is 11.6 Å². The molecule has 7 heteroatoms. The van der Waals surface area contributed by atoms with E-state index < -0.39 is 6.04 Å². The van der Waals surface area contributed by atoms with E-state index >= 15 is 0 Å². The number of aromatic amines is 1. The van der Waals surface area contributed by atoms with Gasteiger partial charge in [-0.3, -0.25) is 9.59 Å². The van der Waals surface area contributed by atoms with Gasteiger partial charge in [0.2, 0.25) is 0 Å². The summed E-state index contributed by atoms with van der Waals surface area (Å²) in [6, 6.07) is 10.2. The Labute approximate surface area is 167 Å². The molecule has 0 saturated heterocycles. The molecule has 3 rings (SSSR count). The van der Waals surface area contributed by atoms with E-state index in [-0.39, 0.29) is 22.7 Å². The lowest BCUT2D eigenvalue weighted by Crippen LogP contribution is -2.26. The molecule has 0 fully saturated rings. The second kappa shape index (κ2) is 7.53. The van der Waals surface area contributed by atoms with Gasteiger partial charge < -0.3 is 14.9 Å². The van der Waals surface area contributed by atoms with Crippen LogP contribution in [0.25, 0.3) is 10.9 Å². The van der Waals surface area contributed by atoms with E-state index in [0.29, 0.717) is 16.3 Å². The van der Waals surface area contributed by atoms with Gasteiger partial charge in [-0.05, 0) is 48.7 Å². The highest BCUT2D eigenvalue weighted by Crippen LogP contribution is 2.29. The summed E-state index contributed by atoms with van der Waals surface area (Å²) in [7, 11) is 1.54. The smallest absolute Gasteiger partial charge is 0.274 e. The number of benzene rings is 1. The van der Waals surface area contributed by atoms with Crippen LogP contribution in [0.3, 0.4) is 0 Å². The number of nitrogens with zero attached hydrogens (tertiary/aromatic N) is 2. The Balaban J connectivity index is 2.02. The number of halogens is 1. The number of rotatable bonds is 4. The van der Waals surface area contributed by atoms with Crippen molar-refractivity contribution in [1.82, 2.24) is 9.55 Å². The summed E-state index contributed by atoms with van der Waals surface area (Å²) < 4.78 is 1.27. The molecule has 2 aromatic heterocycles. The van der Waals surface area contributed by atoms with Crippen LogP contribution in [0.1, 0.15) is 49.6 Å². The summed E-state index contributed by atoms with van der Waals surface area (Å²) in [5.74, 6) is 0.244. The molecule has 0 radical (unpaired) electrons. The molecule has 2 N–H and O–H groups in total. The summed E-state index contributed by atoms with van der Waals surface area (Å²) in [5.41, 5.74) is 2.23. The molecular weight excluding hydrogens is 376 g/mol. The second-order valence-electron chi connectivity index (χ2n) is 7.14. The largest absolute Gasteiger partial charge is 0.374 e. The second-order valence-corrected chi connectivity index (χ2v) is 7.55. The van der Waals surface area contributed by atoms with Crippen LogP contribution < -0.4 is 16.4 Å². The number of nitriles is 1. The number of hydrogen-bond donors (Lipinski definition) is 2. The zero-order valence-corrected chi connectivity index (χ0v) is 16.9. The molecular formula is C21H21ClN4O2. The predicted octanol–water partition coefficient (Wildman–Crippen LogP) is 4.05. The number of pyridine rings is 2. The predicted molar refractivity (Wildman–Crippen MR) is 112 cm³/mol. The fourth-order valence-electron chi connectivity index (χ4n) is 3.19. The van der Waals surface area contributed by atoms with Gasteiger partial charge in [-0.15, -0.1) is 0 Å². The van der Waals surface area contributed by atoms with Crippen LogP contribution in [-0.4, -0.2) is 9.55 Å². The Morgan fingerprint density at radius 2 is 1.86 bits per heavy atom. The molecule has 3 aromatic rings. The molecule has 1 aromatic carbocycles. The normalized spacial score (nSPS) is 12.2. The number of hydrogen-bond acceptors (Lipinski definition) is 4. The van der Waals surface area contributed by atoms with E-state index in [2.05, 4.69) is 10.3 Å². The third-order valence-electron chi connectivity index (χ3n) is 4.87. The van der Waals surface area contributed by atoms with Crippen molar-refractivity contribution < 1.29 is 0 Å². The van der Waals surface area contributed by atoms with Gasteiger partial charge in [-0.1, -0.05) is 25.4 Å². The number of aromatic nitrogens is 2. The highest BCUT2D eigenvalue weighted by molar-refractivity contribution is 6.32. The first-order valence-corrected chi connectivity index (χ1v) is 9.33. The van der Waals surface area contributed by atoms with Crippen molar-refractivity contribution in [3.05, 3.63) is 72.9 Å². The van der Waals surface area contributed by atoms with Crippen LogP contribution in [0, 0.1) is 11.3 Å². The van der Waals surface area contributed by atoms with E-state index in [9.17, 15) is 9.59 Å². The van der Waals surface area contributed by atoms with Crippen molar-refractivity contribution in [2.24, 2.45) is 7.05 Å². The van der Waals surface area contributed by atoms with Crippen LogP contribution in [0.15, 0.2) is 39.9 Å². The number of nitrogens with one attached hydrogen (secondary N) is 2. The van der Waals surface area contributed by atoms with Crippen LogP contribution in [0.5, 0.6) is 0 Å². The van der Waals surface area contributed by atoms with Crippen molar-refractivity contribution in [3.63, 3.8) is 0 Å². The lowest BCUT2D eigenvalue weighted by atomic mass is 10.00. The summed E-state index contributed by atoms with van der Waals surface area (Å²) in [4.78, 5) is 27.9. The first kappa shape index (κ1) is 19.7. The lowest BCUT2D eigenvalue weighted by molar-refractivity contribution is 0.818. The summed E-state index contributed by atoms with van der Waals surface area (Å²) in [5, 5.41) is 13.6. The van der Waals surface area contributed by atoms with Crippen LogP contribution >= 0.6 is 11.6 Å². The Morgan fingerprint density at radius 1 is 1.14 bits per heavy atom. The minimum atomic E-state index is -0.419. The molecule has 0 spiro atoms. The quantitative estimate of drug-likeness (QED) is 0.696. The van der Waals surface area contributed by atoms with Gasteiger partial charge in [-0.25, -0.2) is 0 Å². The molecule has 28 heavy (non-hydrogen) atoms. The Kier molecular flexibility index (Phi) is 5.30. The highest BCUT2D eigenvalue weighted by Gasteiger charge is 2.15.